The number of hydrogen-bond acceptors (Lipinski definition) is 3. The summed E-state index contributed by atoms with van der Waals surface area (Å²) in [5, 5.41) is 0.551. The molecule has 1 atom stereocenters. The van der Waals surface area contributed by atoms with Crippen molar-refractivity contribution in [1.29, 1.82) is 0 Å². The van der Waals surface area contributed by atoms with Crippen LogP contribution in [0.15, 0.2) is 40.9 Å². The van der Waals surface area contributed by atoms with Crippen LogP contribution in [0.25, 0.3) is 0 Å². The molecule has 0 aliphatic heterocycles. The van der Waals surface area contributed by atoms with Crippen LogP contribution in [0.3, 0.4) is 0 Å². The zero-order valence-electron chi connectivity index (χ0n) is 11.2. The van der Waals surface area contributed by atoms with Crippen LogP contribution in [-0.2, 0) is 0 Å². The summed E-state index contributed by atoms with van der Waals surface area (Å²) in [6.45, 7) is 0. The zero-order chi connectivity index (χ0) is 14.7. The van der Waals surface area contributed by atoms with Gasteiger partial charge in [0.1, 0.15) is 0 Å². The van der Waals surface area contributed by atoms with Gasteiger partial charge in [-0.05, 0) is 29.3 Å². The van der Waals surface area contributed by atoms with Crippen LogP contribution >= 0.6 is 27.5 Å². The molecule has 0 aromatic heterocycles. The molecule has 0 heterocycles. The summed E-state index contributed by atoms with van der Waals surface area (Å²) in [7, 11) is 3.16. The summed E-state index contributed by atoms with van der Waals surface area (Å²) in [4.78, 5) is 0. The lowest BCUT2D eigenvalue weighted by atomic mass is 9.99. The summed E-state index contributed by atoms with van der Waals surface area (Å²) in [5.74, 6) is 1.19. The maximum absolute atomic E-state index is 6.30. The van der Waals surface area contributed by atoms with Crippen LogP contribution in [-0.4, -0.2) is 14.2 Å². The Kier molecular flexibility index (Phi) is 4.91. The molecule has 0 amide bonds. The molecule has 0 spiro atoms. The Bertz CT molecular complexity index is 619. The zero-order valence-corrected chi connectivity index (χ0v) is 13.5. The molecule has 0 radical (unpaired) electrons. The first kappa shape index (κ1) is 15.2. The molecule has 0 aliphatic rings. The van der Waals surface area contributed by atoms with Crippen molar-refractivity contribution in [3.05, 3.63) is 57.0 Å². The van der Waals surface area contributed by atoms with Crippen molar-refractivity contribution in [3.63, 3.8) is 0 Å². The fraction of sp³-hybridized carbons (Fsp3) is 0.200. The lowest BCUT2D eigenvalue weighted by Gasteiger charge is -2.17. The van der Waals surface area contributed by atoms with Crippen molar-refractivity contribution in [2.45, 2.75) is 6.04 Å². The summed E-state index contributed by atoms with van der Waals surface area (Å²) < 4.78 is 11.5. The van der Waals surface area contributed by atoms with E-state index in [1.54, 1.807) is 20.3 Å². The third-order valence-corrected chi connectivity index (χ3v) is 3.87. The van der Waals surface area contributed by atoms with E-state index in [1.165, 1.54) is 0 Å². The van der Waals surface area contributed by atoms with E-state index in [-0.39, 0.29) is 6.04 Å². The summed E-state index contributed by atoms with van der Waals surface area (Å²) in [6, 6.07) is 11.0. The van der Waals surface area contributed by atoms with Crippen LogP contribution in [0.5, 0.6) is 11.5 Å². The second-order valence-electron chi connectivity index (χ2n) is 4.26. The molecule has 5 heteroatoms. The monoisotopic (exact) mass is 355 g/mol. The standard InChI is InChI=1S/C15H15BrClNO2/c1-19-13-7-11(12(17)8-14(13)20-2)15(18)9-4-3-5-10(16)6-9/h3-8,15H,18H2,1-2H3. The van der Waals surface area contributed by atoms with Gasteiger partial charge in [0.05, 0.1) is 20.3 Å². The fourth-order valence-corrected chi connectivity index (χ4v) is 2.68. The molecule has 106 valence electrons. The highest BCUT2D eigenvalue weighted by Gasteiger charge is 2.17. The molecule has 0 fully saturated rings. The van der Waals surface area contributed by atoms with Gasteiger partial charge < -0.3 is 15.2 Å². The van der Waals surface area contributed by atoms with E-state index in [0.717, 1.165) is 15.6 Å². The lowest BCUT2D eigenvalue weighted by molar-refractivity contribution is 0.354. The van der Waals surface area contributed by atoms with Crippen LogP contribution in [0.2, 0.25) is 5.02 Å². The van der Waals surface area contributed by atoms with E-state index >= 15 is 0 Å². The number of methoxy groups -OCH3 is 2. The molecule has 0 aliphatic carbocycles. The number of rotatable bonds is 4. The molecule has 0 saturated carbocycles. The van der Waals surface area contributed by atoms with Crippen molar-refractivity contribution in [2.75, 3.05) is 14.2 Å². The van der Waals surface area contributed by atoms with Crippen molar-refractivity contribution in [3.8, 4) is 11.5 Å². The first-order chi connectivity index (χ1) is 9.56. The van der Waals surface area contributed by atoms with E-state index in [1.807, 2.05) is 30.3 Å². The molecule has 20 heavy (non-hydrogen) atoms. The molecule has 3 nitrogen and oxygen atoms in total. The summed E-state index contributed by atoms with van der Waals surface area (Å²) in [5.41, 5.74) is 8.06. The van der Waals surface area contributed by atoms with Gasteiger partial charge in [-0.1, -0.05) is 39.7 Å². The molecular weight excluding hydrogens is 342 g/mol. The summed E-state index contributed by atoms with van der Waals surface area (Å²) in [6.07, 6.45) is 0. The predicted molar refractivity (Wildman–Crippen MR) is 84.7 cm³/mol. The second kappa shape index (κ2) is 6.48. The highest BCUT2D eigenvalue weighted by Crippen LogP contribution is 2.37. The average Bonchev–Trinajstić information content (AvgIpc) is 2.46. The smallest absolute Gasteiger partial charge is 0.162 e. The van der Waals surface area contributed by atoms with Crippen molar-refractivity contribution < 1.29 is 9.47 Å². The number of benzene rings is 2. The van der Waals surface area contributed by atoms with Gasteiger partial charge in [0.2, 0.25) is 0 Å². The average molecular weight is 357 g/mol. The van der Waals surface area contributed by atoms with E-state index < -0.39 is 0 Å². The number of hydrogen-bond donors (Lipinski definition) is 1. The lowest BCUT2D eigenvalue weighted by Crippen LogP contribution is -2.12. The minimum Gasteiger partial charge on any atom is -0.493 e. The van der Waals surface area contributed by atoms with Gasteiger partial charge in [0, 0.05) is 15.6 Å². The Labute approximate surface area is 131 Å². The van der Waals surface area contributed by atoms with Gasteiger partial charge in [0.15, 0.2) is 11.5 Å². The second-order valence-corrected chi connectivity index (χ2v) is 5.58. The molecule has 0 saturated heterocycles. The maximum Gasteiger partial charge on any atom is 0.162 e. The van der Waals surface area contributed by atoms with E-state index in [2.05, 4.69) is 15.9 Å². The largest absolute Gasteiger partial charge is 0.493 e. The SMILES string of the molecule is COc1cc(Cl)c(C(N)c2cccc(Br)c2)cc1OC. The van der Waals surface area contributed by atoms with Gasteiger partial charge in [-0.15, -0.1) is 0 Å². The molecule has 0 bridgehead atoms. The normalized spacial score (nSPS) is 12.1. The third-order valence-electron chi connectivity index (χ3n) is 3.05. The number of nitrogens with two attached hydrogens (primary N) is 1. The quantitative estimate of drug-likeness (QED) is 0.894. The Morgan fingerprint density at radius 1 is 1.10 bits per heavy atom. The molecule has 2 rings (SSSR count). The first-order valence-electron chi connectivity index (χ1n) is 5.99. The minimum absolute atomic E-state index is 0.334. The molecule has 2 aromatic rings. The van der Waals surface area contributed by atoms with Gasteiger partial charge in [-0.3, -0.25) is 0 Å². The molecule has 2 N–H and O–H groups in total. The topological polar surface area (TPSA) is 44.5 Å². The highest BCUT2D eigenvalue weighted by molar-refractivity contribution is 9.10. The molecule has 1 unspecified atom stereocenters. The fourth-order valence-electron chi connectivity index (χ4n) is 1.99. The predicted octanol–water partition coefficient (Wildman–Crippen LogP) is 4.17. The number of ether oxygens (including phenoxy) is 2. The summed E-state index contributed by atoms with van der Waals surface area (Å²) >= 11 is 9.73. The van der Waals surface area contributed by atoms with E-state index in [0.29, 0.717) is 16.5 Å². The number of halogens is 2. The maximum atomic E-state index is 6.30. The van der Waals surface area contributed by atoms with Crippen molar-refractivity contribution in [2.24, 2.45) is 5.73 Å². The van der Waals surface area contributed by atoms with Crippen LogP contribution in [0, 0.1) is 0 Å². The first-order valence-corrected chi connectivity index (χ1v) is 7.16. The Balaban J connectivity index is 2.46. The minimum atomic E-state index is -0.334. The van der Waals surface area contributed by atoms with Gasteiger partial charge in [-0.25, -0.2) is 0 Å². The van der Waals surface area contributed by atoms with Gasteiger partial charge in [-0.2, -0.15) is 0 Å². The van der Waals surface area contributed by atoms with Crippen LogP contribution in [0.4, 0.5) is 0 Å². The Morgan fingerprint density at radius 2 is 1.75 bits per heavy atom. The van der Waals surface area contributed by atoms with E-state index in [9.17, 15) is 0 Å². The van der Waals surface area contributed by atoms with Crippen LogP contribution in [0.1, 0.15) is 17.2 Å². The van der Waals surface area contributed by atoms with Gasteiger partial charge in [0.25, 0.3) is 0 Å². The Morgan fingerprint density at radius 3 is 2.35 bits per heavy atom. The van der Waals surface area contributed by atoms with Gasteiger partial charge >= 0.3 is 0 Å². The van der Waals surface area contributed by atoms with E-state index in [4.69, 9.17) is 26.8 Å². The van der Waals surface area contributed by atoms with Crippen molar-refractivity contribution in [1.82, 2.24) is 0 Å². The third kappa shape index (κ3) is 3.08. The molecule has 2 aromatic carbocycles. The van der Waals surface area contributed by atoms with Crippen molar-refractivity contribution >= 4 is 27.5 Å². The highest BCUT2D eigenvalue weighted by atomic mass is 79.9. The van der Waals surface area contributed by atoms with Crippen LogP contribution < -0.4 is 15.2 Å². The molecular formula is C15H15BrClNO2. The Hall–Kier alpha value is -1.23.